The Bertz CT molecular complexity index is 311. The van der Waals surface area contributed by atoms with Gasteiger partial charge in [-0.1, -0.05) is 23.2 Å². The van der Waals surface area contributed by atoms with E-state index in [1.807, 2.05) is 0 Å². The number of hydrogen-bond acceptors (Lipinski definition) is 3. The number of alkyl halides is 1. The zero-order chi connectivity index (χ0) is 10.6. The van der Waals surface area contributed by atoms with Crippen LogP contribution in [0.1, 0.15) is 6.92 Å². The zero-order valence-corrected chi connectivity index (χ0v) is 9.70. The molecule has 0 unspecified atom stereocenters. The van der Waals surface area contributed by atoms with Gasteiger partial charge in [-0.2, -0.15) is 0 Å². The minimum absolute atomic E-state index is 0.421. The van der Waals surface area contributed by atoms with Gasteiger partial charge in [0.1, 0.15) is 0 Å². The molecule has 0 fully saturated rings. The highest BCUT2D eigenvalue weighted by molar-refractivity contribution is 8.13. The lowest BCUT2D eigenvalue weighted by molar-refractivity contribution is 0.168. The van der Waals surface area contributed by atoms with Crippen LogP contribution in [-0.4, -0.2) is 10.9 Å². The molecule has 1 atom stereocenters. The molecule has 76 valence electrons. The summed E-state index contributed by atoms with van der Waals surface area (Å²) in [5, 5.41) is 0.211. The van der Waals surface area contributed by atoms with E-state index < -0.39 is 10.9 Å². The van der Waals surface area contributed by atoms with Gasteiger partial charge in [-0.3, -0.25) is 0 Å². The summed E-state index contributed by atoms with van der Waals surface area (Å²) in [6.07, 6.45) is 0. The molecule has 1 aromatic carbocycles. The van der Waals surface area contributed by atoms with Crippen molar-refractivity contribution in [2.24, 2.45) is 0 Å². The average Bonchev–Trinajstić information content (AvgIpc) is 2.07. The van der Waals surface area contributed by atoms with E-state index in [-0.39, 0.29) is 0 Å². The Morgan fingerprint density at radius 2 is 2.00 bits per heavy atom. The Kier molecular flexibility index (Phi) is 4.58. The van der Waals surface area contributed by atoms with E-state index in [1.165, 1.54) is 0 Å². The van der Waals surface area contributed by atoms with Gasteiger partial charge in [0, 0.05) is 9.92 Å². The molecule has 0 heterocycles. The highest BCUT2D eigenvalue weighted by atomic mass is 35.5. The molecule has 0 aromatic heterocycles. The topological polar surface area (TPSA) is 26.3 Å². The molecule has 0 radical (unpaired) electrons. The lowest BCUT2D eigenvalue weighted by atomic mass is 10.4. The molecule has 0 saturated heterocycles. The van der Waals surface area contributed by atoms with Crippen LogP contribution in [0, 0.1) is 0 Å². The summed E-state index contributed by atoms with van der Waals surface area (Å²) in [6, 6.07) is 6.91. The third kappa shape index (κ3) is 4.22. The molecule has 0 aliphatic rings. The maximum Gasteiger partial charge on any atom is 0.373 e. The van der Waals surface area contributed by atoms with E-state index in [4.69, 9.17) is 27.9 Å². The monoisotopic (exact) mass is 250 g/mol. The molecule has 1 rings (SSSR count). The maximum atomic E-state index is 11.1. The van der Waals surface area contributed by atoms with Crippen molar-refractivity contribution in [1.29, 1.82) is 0 Å². The van der Waals surface area contributed by atoms with Crippen molar-refractivity contribution in [3.8, 4) is 0 Å². The van der Waals surface area contributed by atoms with Crippen LogP contribution in [0.2, 0.25) is 5.02 Å². The van der Waals surface area contributed by atoms with Crippen molar-refractivity contribution in [3.05, 3.63) is 29.3 Å². The fraction of sp³-hybridized carbons (Fsp3) is 0.222. The molecule has 2 nitrogen and oxygen atoms in total. The van der Waals surface area contributed by atoms with Crippen LogP contribution < -0.4 is 0 Å². The molecule has 0 aliphatic carbocycles. The number of carbonyl (C=O) groups is 1. The van der Waals surface area contributed by atoms with Crippen LogP contribution in [0.3, 0.4) is 0 Å². The standard InChI is InChI=1S/C9H8Cl2O2S/c1-6(10)13-9(12)14-8-4-2-7(11)3-5-8/h2-6H,1H3/t6-/m0/s1. The van der Waals surface area contributed by atoms with Crippen molar-refractivity contribution < 1.29 is 9.53 Å². The van der Waals surface area contributed by atoms with Gasteiger partial charge in [-0.25, -0.2) is 4.79 Å². The Hall–Kier alpha value is -0.380. The zero-order valence-electron chi connectivity index (χ0n) is 7.37. The van der Waals surface area contributed by atoms with Crippen LogP contribution in [0.5, 0.6) is 0 Å². The van der Waals surface area contributed by atoms with E-state index in [0.29, 0.717) is 5.02 Å². The quantitative estimate of drug-likeness (QED) is 0.448. The maximum absolute atomic E-state index is 11.1. The molecule has 0 bridgehead atoms. The van der Waals surface area contributed by atoms with Crippen molar-refractivity contribution in [1.82, 2.24) is 0 Å². The lowest BCUT2D eigenvalue weighted by Gasteiger charge is -2.04. The smallest absolute Gasteiger partial charge is 0.373 e. The van der Waals surface area contributed by atoms with E-state index >= 15 is 0 Å². The van der Waals surface area contributed by atoms with Crippen molar-refractivity contribution in [2.45, 2.75) is 17.4 Å². The number of hydrogen-bond donors (Lipinski definition) is 0. The second kappa shape index (κ2) is 5.49. The molecule has 0 amide bonds. The Labute approximate surface area is 96.5 Å². The fourth-order valence-corrected chi connectivity index (χ4v) is 1.67. The molecule has 0 spiro atoms. The van der Waals surface area contributed by atoms with Gasteiger partial charge in [0.05, 0.1) is 0 Å². The number of halogens is 2. The third-order valence-electron chi connectivity index (χ3n) is 1.27. The summed E-state index contributed by atoms with van der Waals surface area (Å²) >= 11 is 12.1. The van der Waals surface area contributed by atoms with Gasteiger partial charge in [0.15, 0.2) is 5.56 Å². The van der Waals surface area contributed by atoms with Crippen molar-refractivity contribution >= 4 is 40.3 Å². The number of benzene rings is 1. The van der Waals surface area contributed by atoms with Crippen LogP contribution >= 0.6 is 35.0 Å². The number of carbonyl (C=O) groups excluding carboxylic acids is 1. The number of thioether (sulfide) groups is 1. The lowest BCUT2D eigenvalue weighted by Crippen LogP contribution is -2.03. The Balaban J connectivity index is 2.52. The molecular weight excluding hydrogens is 243 g/mol. The largest absolute Gasteiger partial charge is 0.438 e. The summed E-state index contributed by atoms with van der Waals surface area (Å²) in [7, 11) is 0. The number of ether oxygens (including phenoxy) is 1. The van der Waals surface area contributed by atoms with Crippen LogP contribution in [-0.2, 0) is 4.74 Å². The molecule has 0 saturated carbocycles. The minimum atomic E-state index is -0.609. The van der Waals surface area contributed by atoms with Gasteiger partial charge in [-0.05, 0) is 43.0 Å². The van der Waals surface area contributed by atoms with Crippen LogP contribution in [0.25, 0.3) is 0 Å². The second-order valence-electron chi connectivity index (χ2n) is 2.47. The first-order valence-electron chi connectivity index (χ1n) is 3.86. The first-order chi connectivity index (χ1) is 6.58. The summed E-state index contributed by atoms with van der Waals surface area (Å²) in [5.74, 6) is 0. The van der Waals surface area contributed by atoms with Gasteiger partial charge < -0.3 is 4.74 Å². The first-order valence-corrected chi connectivity index (χ1v) is 5.49. The summed E-state index contributed by atoms with van der Waals surface area (Å²) in [5.41, 5.74) is -0.609. The van der Waals surface area contributed by atoms with E-state index in [9.17, 15) is 4.79 Å². The molecule has 0 aliphatic heterocycles. The normalized spacial score (nSPS) is 12.2. The van der Waals surface area contributed by atoms with E-state index in [0.717, 1.165) is 16.7 Å². The summed E-state index contributed by atoms with van der Waals surface area (Å²) in [4.78, 5) is 11.9. The second-order valence-corrected chi connectivity index (χ2v) is 4.53. The molecule has 0 N–H and O–H groups in total. The first kappa shape index (κ1) is 11.7. The van der Waals surface area contributed by atoms with Crippen molar-refractivity contribution in [3.63, 3.8) is 0 Å². The summed E-state index contributed by atoms with van der Waals surface area (Å²) in [6.45, 7) is 1.59. The van der Waals surface area contributed by atoms with Crippen LogP contribution in [0.15, 0.2) is 29.2 Å². The predicted molar refractivity (Wildman–Crippen MR) is 59.1 cm³/mol. The Morgan fingerprint density at radius 3 is 2.50 bits per heavy atom. The average molecular weight is 251 g/mol. The Morgan fingerprint density at radius 1 is 1.43 bits per heavy atom. The highest BCUT2D eigenvalue weighted by Gasteiger charge is 2.08. The van der Waals surface area contributed by atoms with Crippen molar-refractivity contribution in [2.75, 3.05) is 0 Å². The van der Waals surface area contributed by atoms with Gasteiger partial charge in [0.2, 0.25) is 0 Å². The molecule has 5 heteroatoms. The fourth-order valence-electron chi connectivity index (χ4n) is 0.756. The molecule has 1 aromatic rings. The molecular formula is C9H8Cl2O2S. The van der Waals surface area contributed by atoms with E-state index in [2.05, 4.69) is 0 Å². The highest BCUT2D eigenvalue weighted by Crippen LogP contribution is 2.22. The molecule has 14 heavy (non-hydrogen) atoms. The van der Waals surface area contributed by atoms with E-state index in [1.54, 1.807) is 31.2 Å². The van der Waals surface area contributed by atoms with Gasteiger partial charge in [0.25, 0.3) is 0 Å². The SMILES string of the molecule is C[C@@H](Cl)OC(=O)Sc1ccc(Cl)cc1. The third-order valence-corrected chi connectivity index (χ3v) is 2.39. The number of rotatable bonds is 2. The summed E-state index contributed by atoms with van der Waals surface area (Å²) < 4.78 is 4.74. The van der Waals surface area contributed by atoms with Crippen LogP contribution in [0.4, 0.5) is 4.79 Å². The minimum Gasteiger partial charge on any atom is -0.438 e. The predicted octanol–water partition coefficient (Wildman–Crippen LogP) is 4.15. The van der Waals surface area contributed by atoms with Gasteiger partial charge >= 0.3 is 5.30 Å². The van der Waals surface area contributed by atoms with Gasteiger partial charge in [-0.15, -0.1) is 0 Å².